The van der Waals surface area contributed by atoms with Gasteiger partial charge < -0.3 is 10.1 Å². The number of nitro groups is 1. The Bertz CT molecular complexity index is 968. The molecule has 0 unspecified atom stereocenters. The van der Waals surface area contributed by atoms with Gasteiger partial charge in [0.25, 0.3) is 11.6 Å². The highest BCUT2D eigenvalue weighted by Gasteiger charge is 2.11. The van der Waals surface area contributed by atoms with E-state index in [1.807, 2.05) is 12.1 Å². The first-order valence-corrected chi connectivity index (χ1v) is 8.27. The van der Waals surface area contributed by atoms with E-state index < -0.39 is 4.92 Å². The summed E-state index contributed by atoms with van der Waals surface area (Å²) in [5.41, 5.74) is 1.52. The standard InChI is InChI=1S/C18H15ClN4O4/c1-22-17(10-16(21-22)12-2-4-13(19)5-3-12)20-18(24)11-27-15-8-6-14(7-9-15)23(25)26/h2-10H,11H2,1H3,(H,20,24). The number of nitrogens with one attached hydrogen (secondary N) is 1. The molecule has 3 rings (SSSR count). The zero-order valence-corrected chi connectivity index (χ0v) is 15.0. The van der Waals surface area contributed by atoms with E-state index in [-0.39, 0.29) is 18.2 Å². The summed E-state index contributed by atoms with van der Waals surface area (Å²) >= 11 is 5.88. The van der Waals surface area contributed by atoms with Crippen molar-refractivity contribution in [1.29, 1.82) is 0 Å². The number of nitro benzene ring substituents is 1. The maximum Gasteiger partial charge on any atom is 0.269 e. The molecule has 0 aliphatic rings. The normalized spacial score (nSPS) is 10.4. The second-order valence-electron chi connectivity index (χ2n) is 5.63. The van der Waals surface area contributed by atoms with Crippen LogP contribution in [0.25, 0.3) is 11.3 Å². The Hall–Kier alpha value is -3.39. The van der Waals surface area contributed by atoms with Gasteiger partial charge in [0.2, 0.25) is 0 Å². The number of hydrogen-bond donors (Lipinski definition) is 1. The molecule has 0 spiro atoms. The van der Waals surface area contributed by atoms with Crippen molar-refractivity contribution in [3.63, 3.8) is 0 Å². The SMILES string of the molecule is Cn1nc(-c2ccc(Cl)cc2)cc1NC(=O)COc1ccc([N+](=O)[O-])cc1. The number of benzene rings is 2. The van der Waals surface area contributed by atoms with Gasteiger partial charge in [-0.25, -0.2) is 0 Å². The van der Waals surface area contributed by atoms with Crippen molar-refractivity contribution in [3.05, 3.63) is 69.7 Å². The summed E-state index contributed by atoms with van der Waals surface area (Å²) < 4.78 is 6.89. The lowest BCUT2D eigenvalue weighted by Crippen LogP contribution is -2.21. The van der Waals surface area contributed by atoms with Crippen LogP contribution in [0.15, 0.2) is 54.6 Å². The number of rotatable bonds is 6. The third kappa shape index (κ3) is 4.62. The van der Waals surface area contributed by atoms with Gasteiger partial charge in [-0.3, -0.25) is 19.6 Å². The number of aromatic nitrogens is 2. The van der Waals surface area contributed by atoms with Crippen LogP contribution in [0.5, 0.6) is 5.75 Å². The Labute approximate surface area is 159 Å². The molecular weight excluding hydrogens is 372 g/mol. The fourth-order valence-corrected chi connectivity index (χ4v) is 2.46. The smallest absolute Gasteiger partial charge is 0.269 e. The Morgan fingerprint density at radius 1 is 1.22 bits per heavy atom. The molecule has 0 fully saturated rings. The number of non-ortho nitro benzene ring substituents is 1. The van der Waals surface area contributed by atoms with E-state index in [0.29, 0.717) is 22.3 Å². The van der Waals surface area contributed by atoms with Crippen LogP contribution in [0.3, 0.4) is 0 Å². The second-order valence-corrected chi connectivity index (χ2v) is 6.07. The monoisotopic (exact) mass is 386 g/mol. The first-order valence-electron chi connectivity index (χ1n) is 7.89. The summed E-state index contributed by atoms with van der Waals surface area (Å²) in [6, 6.07) is 14.5. The van der Waals surface area contributed by atoms with Crippen LogP contribution in [0.2, 0.25) is 5.02 Å². The summed E-state index contributed by atoms with van der Waals surface area (Å²) in [6.07, 6.45) is 0. The minimum Gasteiger partial charge on any atom is -0.484 e. The third-order valence-electron chi connectivity index (χ3n) is 3.70. The molecular formula is C18H15ClN4O4. The van der Waals surface area contributed by atoms with Crippen LogP contribution >= 0.6 is 11.6 Å². The molecule has 2 aromatic carbocycles. The van der Waals surface area contributed by atoms with Gasteiger partial charge in [0.05, 0.1) is 10.6 Å². The van der Waals surface area contributed by atoms with Gasteiger partial charge in [-0.15, -0.1) is 0 Å². The molecule has 0 bridgehead atoms. The molecule has 0 saturated heterocycles. The number of aryl methyl sites for hydroxylation is 1. The number of anilines is 1. The van der Waals surface area contributed by atoms with E-state index in [2.05, 4.69) is 10.4 Å². The number of halogens is 1. The molecule has 0 aliphatic carbocycles. The zero-order chi connectivity index (χ0) is 19.4. The van der Waals surface area contributed by atoms with Crippen LogP contribution in [-0.2, 0) is 11.8 Å². The molecule has 1 aromatic heterocycles. The minimum absolute atomic E-state index is 0.0450. The van der Waals surface area contributed by atoms with Crippen molar-refractivity contribution in [2.75, 3.05) is 11.9 Å². The van der Waals surface area contributed by atoms with Crippen LogP contribution in [0.1, 0.15) is 0 Å². The highest BCUT2D eigenvalue weighted by atomic mass is 35.5. The molecule has 3 aromatic rings. The zero-order valence-electron chi connectivity index (χ0n) is 14.3. The summed E-state index contributed by atoms with van der Waals surface area (Å²) in [5, 5.41) is 18.3. The van der Waals surface area contributed by atoms with Gasteiger partial charge in [-0.05, 0) is 24.3 Å². The summed E-state index contributed by atoms with van der Waals surface area (Å²) in [4.78, 5) is 22.2. The highest BCUT2D eigenvalue weighted by Crippen LogP contribution is 2.23. The number of hydrogen-bond acceptors (Lipinski definition) is 5. The van der Waals surface area contributed by atoms with Gasteiger partial charge in [0.1, 0.15) is 11.6 Å². The summed E-state index contributed by atoms with van der Waals surface area (Å²) in [6.45, 7) is -0.237. The largest absolute Gasteiger partial charge is 0.484 e. The number of carbonyl (C=O) groups excluding carboxylic acids is 1. The van der Waals surface area contributed by atoms with Crippen LogP contribution in [0.4, 0.5) is 11.5 Å². The quantitative estimate of drug-likeness (QED) is 0.514. The molecule has 0 aliphatic heterocycles. The highest BCUT2D eigenvalue weighted by molar-refractivity contribution is 6.30. The van der Waals surface area contributed by atoms with Crippen LogP contribution < -0.4 is 10.1 Å². The summed E-state index contributed by atoms with van der Waals surface area (Å²) in [7, 11) is 1.71. The fourth-order valence-electron chi connectivity index (χ4n) is 2.34. The lowest BCUT2D eigenvalue weighted by molar-refractivity contribution is -0.384. The van der Waals surface area contributed by atoms with E-state index in [1.54, 1.807) is 29.9 Å². The first-order chi connectivity index (χ1) is 12.9. The topological polar surface area (TPSA) is 99.3 Å². The molecule has 27 heavy (non-hydrogen) atoms. The number of carbonyl (C=O) groups is 1. The minimum atomic E-state index is -0.503. The third-order valence-corrected chi connectivity index (χ3v) is 3.96. The van der Waals surface area contributed by atoms with E-state index in [0.717, 1.165) is 5.56 Å². The van der Waals surface area contributed by atoms with Crippen LogP contribution in [0, 0.1) is 10.1 Å². The Morgan fingerprint density at radius 2 is 1.89 bits per heavy atom. The molecule has 0 radical (unpaired) electrons. The van der Waals surface area contributed by atoms with E-state index in [4.69, 9.17) is 16.3 Å². The molecule has 0 saturated carbocycles. The molecule has 9 heteroatoms. The Kier molecular flexibility index (Phi) is 5.37. The predicted octanol–water partition coefficient (Wildman–Crippen LogP) is 3.67. The fraction of sp³-hybridized carbons (Fsp3) is 0.111. The Balaban J connectivity index is 1.60. The van der Waals surface area contributed by atoms with E-state index in [1.165, 1.54) is 24.3 Å². The van der Waals surface area contributed by atoms with Crippen LogP contribution in [-0.4, -0.2) is 27.2 Å². The number of nitrogens with zero attached hydrogens (tertiary/aromatic N) is 3. The van der Waals surface area contributed by atoms with Crippen molar-refractivity contribution in [1.82, 2.24) is 9.78 Å². The maximum atomic E-state index is 12.1. The summed E-state index contributed by atoms with van der Waals surface area (Å²) in [5.74, 6) is 0.499. The van der Waals surface area contributed by atoms with Gasteiger partial charge in [0, 0.05) is 35.8 Å². The van der Waals surface area contributed by atoms with Gasteiger partial charge in [0.15, 0.2) is 6.61 Å². The first kappa shape index (κ1) is 18.4. The van der Waals surface area contributed by atoms with Crippen molar-refractivity contribution < 1.29 is 14.5 Å². The average Bonchev–Trinajstić information content (AvgIpc) is 3.01. The lowest BCUT2D eigenvalue weighted by atomic mass is 10.1. The van der Waals surface area contributed by atoms with Crippen molar-refractivity contribution in [2.45, 2.75) is 0 Å². The van der Waals surface area contributed by atoms with E-state index in [9.17, 15) is 14.9 Å². The number of amides is 1. The van der Waals surface area contributed by atoms with Gasteiger partial charge in [-0.1, -0.05) is 23.7 Å². The van der Waals surface area contributed by atoms with Crippen molar-refractivity contribution in [3.8, 4) is 17.0 Å². The second kappa shape index (κ2) is 7.88. The predicted molar refractivity (Wildman–Crippen MR) is 101 cm³/mol. The number of ether oxygens (including phenoxy) is 1. The van der Waals surface area contributed by atoms with E-state index >= 15 is 0 Å². The maximum absolute atomic E-state index is 12.1. The van der Waals surface area contributed by atoms with Gasteiger partial charge >= 0.3 is 0 Å². The molecule has 1 N–H and O–H groups in total. The lowest BCUT2D eigenvalue weighted by Gasteiger charge is -2.07. The molecule has 8 nitrogen and oxygen atoms in total. The molecule has 1 heterocycles. The van der Waals surface area contributed by atoms with Crippen molar-refractivity contribution in [2.24, 2.45) is 7.05 Å². The van der Waals surface area contributed by atoms with Crippen molar-refractivity contribution >= 4 is 29.0 Å². The van der Waals surface area contributed by atoms with Gasteiger partial charge in [-0.2, -0.15) is 5.10 Å². The Morgan fingerprint density at radius 3 is 2.52 bits per heavy atom. The average molecular weight is 387 g/mol. The molecule has 1 amide bonds. The molecule has 138 valence electrons. The molecule has 0 atom stereocenters.